The van der Waals surface area contributed by atoms with E-state index in [2.05, 4.69) is 5.10 Å². The Balaban J connectivity index is 1.27. The van der Waals surface area contributed by atoms with Crippen LogP contribution < -0.4 is 5.56 Å². The molecular formula is C26H23F3N4O3. The third-order valence-corrected chi connectivity index (χ3v) is 6.62. The number of hydrogen-bond acceptors (Lipinski definition) is 4. The van der Waals surface area contributed by atoms with Crippen LogP contribution in [0, 0.1) is 0 Å². The van der Waals surface area contributed by atoms with Crippen LogP contribution in [-0.4, -0.2) is 48.8 Å². The molecule has 0 radical (unpaired) electrons. The summed E-state index contributed by atoms with van der Waals surface area (Å²) in [5, 5.41) is 15.3. The number of alkyl halides is 3. The maximum Gasteiger partial charge on any atom is 0.416 e. The molecule has 186 valence electrons. The van der Waals surface area contributed by atoms with E-state index in [9.17, 15) is 27.9 Å². The first-order chi connectivity index (χ1) is 17.1. The highest BCUT2D eigenvalue weighted by Gasteiger charge is 2.35. The van der Waals surface area contributed by atoms with Crippen LogP contribution in [0.15, 0.2) is 78.0 Å². The van der Waals surface area contributed by atoms with E-state index in [1.165, 1.54) is 27.5 Å². The fraction of sp³-hybridized carbons (Fsp3) is 0.269. The van der Waals surface area contributed by atoms with Gasteiger partial charge in [-0.25, -0.2) is 4.52 Å². The van der Waals surface area contributed by atoms with Crippen molar-refractivity contribution in [1.82, 2.24) is 19.1 Å². The lowest BCUT2D eigenvalue weighted by molar-refractivity contribution is -0.137. The van der Waals surface area contributed by atoms with Gasteiger partial charge in [0.15, 0.2) is 0 Å². The first-order valence-electron chi connectivity index (χ1n) is 11.5. The number of rotatable bonds is 4. The van der Waals surface area contributed by atoms with Gasteiger partial charge in [-0.15, -0.1) is 0 Å². The van der Waals surface area contributed by atoms with Crippen LogP contribution in [0.4, 0.5) is 13.2 Å². The van der Waals surface area contributed by atoms with Crippen molar-refractivity contribution >= 4 is 11.4 Å². The van der Waals surface area contributed by atoms with Crippen molar-refractivity contribution in [2.75, 3.05) is 13.1 Å². The van der Waals surface area contributed by atoms with Crippen LogP contribution >= 0.6 is 0 Å². The van der Waals surface area contributed by atoms with E-state index in [-0.39, 0.29) is 30.9 Å². The number of carbonyl (C=O) groups excluding carboxylic acids is 1. The molecule has 0 atom stereocenters. The maximum absolute atomic E-state index is 13.1. The Bertz CT molecular complexity index is 1470. The molecule has 5 rings (SSSR count). The first kappa shape index (κ1) is 23.8. The van der Waals surface area contributed by atoms with Crippen molar-refractivity contribution in [3.8, 4) is 11.1 Å². The molecule has 1 aliphatic rings. The van der Waals surface area contributed by atoms with E-state index in [1.807, 2.05) is 0 Å². The number of benzene rings is 2. The number of amides is 1. The molecule has 1 amide bonds. The van der Waals surface area contributed by atoms with E-state index in [0.717, 1.165) is 12.1 Å². The van der Waals surface area contributed by atoms with Crippen molar-refractivity contribution in [1.29, 1.82) is 0 Å². The Morgan fingerprint density at radius 2 is 1.72 bits per heavy atom. The fourth-order valence-corrected chi connectivity index (χ4v) is 4.54. The molecule has 1 fully saturated rings. The topological polar surface area (TPSA) is 79.8 Å². The summed E-state index contributed by atoms with van der Waals surface area (Å²) in [7, 11) is 0. The lowest BCUT2D eigenvalue weighted by Crippen LogP contribution is -2.49. The lowest BCUT2D eigenvalue weighted by atomic mass is 9.90. The van der Waals surface area contributed by atoms with Gasteiger partial charge >= 0.3 is 6.18 Å². The predicted molar refractivity (Wildman–Crippen MR) is 126 cm³/mol. The first-order valence-corrected chi connectivity index (χ1v) is 11.5. The molecule has 10 heteroatoms. The number of aromatic nitrogens is 3. The van der Waals surface area contributed by atoms with Gasteiger partial charge in [0.05, 0.1) is 17.7 Å². The zero-order valence-corrected chi connectivity index (χ0v) is 19.2. The normalized spacial score (nSPS) is 15.8. The van der Waals surface area contributed by atoms with Crippen molar-refractivity contribution in [3.05, 3.63) is 94.7 Å². The number of hydrogen-bond donors (Lipinski definition) is 1. The summed E-state index contributed by atoms with van der Waals surface area (Å²) < 4.78 is 41.4. The van der Waals surface area contributed by atoms with E-state index in [4.69, 9.17) is 0 Å². The molecule has 2 aromatic carbocycles. The van der Waals surface area contributed by atoms with Gasteiger partial charge in [-0.2, -0.15) is 18.3 Å². The molecule has 3 heterocycles. The molecular weight excluding hydrogens is 473 g/mol. The number of carbonyl (C=O) groups is 1. The number of likely N-dealkylation sites (tertiary alicyclic amines) is 1. The van der Waals surface area contributed by atoms with Crippen molar-refractivity contribution in [2.24, 2.45) is 0 Å². The summed E-state index contributed by atoms with van der Waals surface area (Å²) in [4.78, 5) is 27.4. The number of piperidine rings is 1. The van der Waals surface area contributed by atoms with Gasteiger partial charge in [0.25, 0.3) is 11.5 Å². The highest BCUT2D eigenvalue weighted by atomic mass is 19.4. The fourth-order valence-electron chi connectivity index (χ4n) is 4.54. The van der Waals surface area contributed by atoms with Crippen molar-refractivity contribution < 1.29 is 23.1 Å². The van der Waals surface area contributed by atoms with E-state index < -0.39 is 17.3 Å². The van der Waals surface area contributed by atoms with Gasteiger partial charge in [0, 0.05) is 24.8 Å². The summed E-state index contributed by atoms with van der Waals surface area (Å²) in [5.74, 6) is -0.223. The third-order valence-electron chi connectivity index (χ3n) is 6.62. The number of aliphatic hydroxyl groups is 1. The average Bonchev–Trinajstić information content (AvgIpc) is 3.35. The van der Waals surface area contributed by atoms with Crippen LogP contribution in [0.3, 0.4) is 0 Å². The van der Waals surface area contributed by atoms with Crippen LogP contribution in [0.5, 0.6) is 0 Å². The lowest BCUT2D eigenvalue weighted by Gasteiger charge is -2.38. The summed E-state index contributed by atoms with van der Waals surface area (Å²) in [6.07, 6.45) is -0.762. The molecule has 2 aromatic heterocycles. The van der Waals surface area contributed by atoms with Gasteiger partial charge < -0.3 is 10.0 Å². The number of fused-ring (bicyclic) bond motifs is 1. The Labute approximate surface area is 204 Å². The smallest absolute Gasteiger partial charge is 0.388 e. The molecule has 36 heavy (non-hydrogen) atoms. The zero-order valence-electron chi connectivity index (χ0n) is 19.2. The SMILES string of the molecule is O=C(c1cccc(-c2ccc(C(F)(F)F)cc2)c1)N1CCC(O)(Cn2cnn3cccc3c2=O)CC1. The van der Waals surface area contributed by atoms with E-state index in [1.54, 1.807) is 47.5 Å². The molecule has 0 saturated carbocycles. The molecule has 7 nitrogen and oxygen atoms in total. The summed E-state index contributed by atoms with van der Waals surface area (Å²) in [6, 6.07) is 14.9. The molecule has 0 aliphatic carbocycles. The van der Waals surface area contributed by atoms with Gasteiger partial charge in [-0.3, -0.25) is 14.2 Å². The zero-order chi connectivity index (χ0) is 25.5. The quantitative estimate of drug-likeness (QED) is 0.466. The minimum absolute atomic E-state index is 0.0753. The van der Waals surface area contributed by atoms with Gasteiger partial charge in [-0.05, 0) is 60.4 Å². The summed E-state index contributed by atoms with van der Waals surface area (Å²) >= 11 is 0. The highest BCUT2D eigenvalue weighted by Crippen LogP contribution is 2.31. The van der Waals surface area contributed by atoms with Gasteiger partial charge in [-0.1, -0.05) is 24.3 Å². The Morgan fingerprint density at radius 3 is 2.42 bits per heavy atom. The maximum atomic E-state index is 13.1. The standard InChI is InChI=1S/C26H23F3N4O3/c27-26(28,29)21-8-6-18(7-9-21)19-3-1-4-20(15-19)23(34)31-13-10-25(36,11-14-31)16-32-17-30-33-12-2-5-22(33)24(32)35/h1-9,12,15,17,36H,10-11,13-14,16H2. The predicted octanol–water partition coefficient (Wildman–Crippen LogP) is 3.85. The van der Waals surface area contributed by atoms with E-state index in [0.29, 0.717) is 35.3 Å². The average molecular weight is 496 g/mol. The van der Waals surface area contributed by atoms with Gasteiger partial charge in [0.1, 0.15) is 11.8 Å². The third kappa shape index (κ3) is 4.64. The van der Waals surface area contributed by atoms with Crippen LogP contribution in [0.2, 0.25) is 0 Å². The van der Waals surface area contributed by atoms with Crippen LogP contribution in [0.1, 0.15) is 28.8 Å². The second-order valence-corrected chi connectivity index (χ2v) is 9.07. The highest BCUT2D eigenvalue weighted by molar-refractivity contribution is 5.95. The van der Waals surface area contributed by atoms with E-state index >= 15 is 0 Å². The molecule has 1 saturated heterocycles. The molecule has 0 unspecified atom stereocenters. The number of halogens is 3. The summed E-state index contributed by atoms with van der Waals surface area (Å²) in [6.45, 7) is 0.677. The summed E-state index contributed by atoms with van der Waals surface area (Å²) in [5.41, 5.74) is -0.0956. The number of nitrogens with zero attached hydrogens (tertiary/aromatic N) is 4. The molecule has 0 spiro atoms. The Kier molecular flexibility index (Phi) is 5.91. The van der Waals surface area contributed by atoms with Crippen LogP contribution in [-0.2, 0) is 12.7 Å². The molecule has 1 aliphatic heterocycles. The van der Waals surface area contributed by atoms with Crippen molar-refractivity contribution in [3.63, 3.8) is 0 Å². The van der Waals surface area contributed by atoms with Gasteiger partial charge in [0.2, 0.25) is 0 Å². The van der Waals surface area contributed by atoms with Crippen LogP contribution in [0.25, 0.3) is 16.6 Å². The minimum atomic E-state index is -4.41. The van der Waals surface area contributed by atoms with Crippen molar-refractivity contribution in [2.45, 2.75) is 31.2 Å². The second kappa shape index (κ2) is 8.94. The monoisotopic (exact) mass is 496 g/mol. The Hall–Kier alpha value is -3.92. The Morgan fingerprint density at radius 1 is 1.00 bits per heavy atom. The molecule has 0 bridgehead atoms. The molecule has 1 N–H and O–H groups in total. The minimum Gasteiger partial charge on any atom is -0.388 e. The largest absolute Gasteiger partial charge is 0.416 e. The molecule has 4 aromatic rings. The second-order valence-electron chi connectivity index (χ2n) is 9.07.